The smallest absolute Gasteiger partial charge is 0.119 e. The van der Waals surface area contributed by atoms with Crippen molar-refractivity contribution in [1.82, 2.24) is 0 Å². The molecule has 0 aliphatic heterocycles. The number of halogens is 2. The van der Waals surface area contributed by atoms with Crippen LogP contribution in [-0.2, 0) is 6.54 Å². The van der Waals surface area contributed by atoms with Crippen LogP contribution in [0.2, 0.25) is 10.0 Å². The maximum absolute atomic E-state index is 6.10. The van der Waals surface area contributed by atoms with Crippen molar-refractivity contribution < 1.29 is 4.74 Å². The molecule has 0 aliphatic rings. The van der Waals surface area contributed by atoms with Crippen molar-refractivity contribution in [2.45, 2.75) is 26.5 Å². The van der Waals surface area contributed by atoms with Crippen molar-refractivity contribution in [3.63, 3.8) is 0 Å². The van der Waals surface area contributed by atoms with Crippen LogP contribution in [0.4, 0.5) is 5.69 Å². The van der Waals surface area contributed by atoms with E-state index in [1.807, 2.05) is 44.2 Å². The number of hydrogen-bond acceptors (Lipinski definition) is 2. The highest BCUT2D eigenvalue weighted by Crippen LogP contribution is 2.26. The van der Waals surface area contributed by atoms with E-state index in [9.17, 15) is 0 Å². The second-order valence-corrected chi connectivity index (χ2v) is 5.63. The fourth-order valence-electron chi connectivity index (χ4n) is 1.79. The first-order chi connectivity index (χ1) is 9.54. The summed E-state index contributed by atoms with van der Waals surface area (Å²) in [6, 6.07) is 13.4. The molecule has 0 bridgehead atoms. The zero-order valence-corrected chi connectivity index (χ0v) is 13.0. The zero-order chi connectivity index (χ0) is 14.5. The van der Waals surface area contributed by atoms with Gasteiger partial charge >= 0.3 is 0 Å². The lowest BCUT2D eigenvalue weighted by Crippen LogP contribution is -2.05. The van der Waals surface area contributed by atoms with Gasteiger partial charge in [0.15, 0.2) is 0 Å². The maximum atomic E-state index is 6.10. The molecule has 0 spiro atoms. The minimum absolute atomic E-state index is 0.184. The summed E-state index contributed by atoms with van der Waals surface area (Å²) in [7, 11) is 0. The Bertz CT molecular complexity index is 567. The van der Waals surface area contributed by atoms with Crippen LogP contribution in [0.5, 0.6) is 5.75 Å². The predicted molar refractivity (Wildman–Crippen MR) is 86.0 cm³/mol. The van der Waals surface area contributed by atoms with E-state index in [-0.39, 0.29) is 6.10 Å². The van der Waals surface area contributed by atoms with Crippen molar-refractivity contribution in [2.24, 2.45) is 0 Å². The minimum Gasteiger partial charge on any atom is -0.491 e. The summed E-state index contributed by atoms with van der Waals surface area (Å²) < 4.78 is 5.61. The van der Waals surface area contributed by atoms with Gasteiger partial charge < -0.3 is 10.1 Å². The Kier molecular flexibility index (Phi) is 5.16. The summed E-state index contributed by atoms with van der Waals surface area (Å²) in [4.78, 5) is 0. The van der Waals surface area contributed by atoms with Gasteiger partial charge in [-0.05, 0) is 49.7 Å². The molecule has 2 aromatic carbocycles. The molecule has 1 N–H and O–H groups in total. The van der Waals surface area contributed by atoms with Gasteiger partial charge in [0.1, 0.15) is 5.75 Å². The topological polar surface area (TPSA) is 21.3 Å². The van der Waals surface area contributed by atoms with Gasteiger partial charge in [0.25, 0.3) is 0 Å². The highest BCUT2D eigenvalue weighted by atomic mass is 35.5. The van der Waals surface area contributed by atoms with Crippen LogP contribution < -0.4 is 10.1 Å². The van der Waals surface area contributed by atoms with Gasteiger partial charge in [0.05, 0.1) is 16.8 Å². The first-order valence-corrected chi connectivity index (χ1v) is 7.24. The zero-order valence-electron chi connectivity index (χ0n) is 11.5. The molecule has 0 saturated carbocycles. The molecule has 0 aromatic heterocycles. The van der Waals surface area contributed by atoms with Gasteiger partial charge in [-0.15, -0.1) is 0 Å². The average molecular weight is 310 g/mol. The van der Waals surface area contributed by atoms with Gasteiger partial charge in [-0.1, -0.05) is 35.3 Å². The molecule has 0 radical (unpaired) electrons. The molecule has 0 amide bonds. The summed E-state index contributed by atoms with van der Waals surface area (Å²) in [5.74, 6) is 0.879. The van der Waals surface area contributed by atoms with Gasteiger partial charge in [0.2, 0.25) is 0 Å². The summed E-state index contributed by atoms with van der Waals surface area (Å²) in [5, 5.41) is 4.60. The molecule has 0 heterocycles. The van der Waals surface area contributed by atoms with E-state index in [0.717, 1.165) is 17.0 Å². The molecule has 2 aromatic rings. The van der Waals surface area contributed by atoms with Crippen molar-refractivity contribution >= 4 is 28.9 Å². The van der Waals surface area contributed by atoms with Gasteiger partial charge in [-0.3, -0.25) is 0 Å². The molecule has 0 saturated heterocycles. The highest BCUT2D eigenvalue weighted by Gasteiger charge is 2.02. The third-order valence-electron chi connectivity index (χ3n) is 2.71. The summed E-state index contributed by atoms with van der Waals surface area (Å²) in [6.45, 7) is 4.70. The fraction of sp³-hybridized carbons (Fsp3) is 0.250. The van der Waals surface area contributed by atoms with E-state index < -0.39 is 0 Å². The second-order valence-electron chi connectivity index (χ2n) is 4.79. The Morgan fingerprint density at radius 2 is 1.75 bits per heavy atom. The minimum atomic E-state index is 0.184. The largest absolute Gasteiger partial charge is 0.491 e. The molecule has 0 fully saturated rings. The van der Waals surface area contributed by atoms with Crippen LogP contribution in [-0.4, -0.2) is 6.10 Å². The Labute approximate surface area is 129 Å². The van der Waals surface area contributed by atoms with E-state index in [4.69, 9.17) is 27.9 Å². The van der Waals surface area contributed by atoms with Crippen molar-refractivity contribution in [2.75, 3.05) is 5.32 Å². The van der Waals surface area contributed by atoms with Gasteiger partial charge in [-0.2, -0.15) is 0 Å². The quantitative estimate of drug-likeness (QED) is 0.799. The first-order valence-electron chi connectivity index (χ1n) is 6.49. The number of rotatable bonds is 5. The molecule has 2 nitrogen and oxygen atoms in total. The van der Waals surface area contributed by atoms with Crippen molar-refractivity contribution in [1.29, 1.82) is 0 Å². The standard InChI is InChI=1S/C16H17Cl2NO/c1-11(2)20-14-6-3-12(4-7-14)10-19-16-9-13(17)5-8-15(16)18/h3-9,11,19H,10H2,1-2H3. The monoisotopic (exact) mass is 309 g/mol. The normalized spacial score (nSPS) is 10.7. The molecular formula is C16H17Cl2NO. The van der Waals surface area contributed by atoms with Gasteiger partial charge in [0, 0.05) is 11.6 Å². The third kappa shape index (κ3) is 4.32. The molecule has 0 unspecified atom stereocenters. The van der Waals surface area contributed by atoms with Crippen LogP contribution in [0.25, 0.3) is 0 Å². The van der Waals surface area contributed by atoms with Crippen LogP contribution in [0, 0.1) is 0 Å². The van der Waals surface area contributed by atoms with Gasteiger partial charge in [-0.25, -0.2) is 0 Å². The second kappa shape index (κ2) is 6.87. The summed E-state index contributed by atoms with van der Waals surface area (Å²) >= 11 is 12.1. The molecule has 20 heavy (non-hydrogen) atoms. The Morgan fingerprint density at radius 3 is 2.40 bits per heavy atom. The predicted octanol–water partition coefficient (Wildman–Crippen LogP) is 5.39. The molecular weight excluding hydrogens is 293 g/mol. The molecule has 0 aliphatic carbocycles. The highest BCUT2D eigenvalue weighted by molar-refractivity contribution is 6.35. The lowest BCUT2D eigenvalue weighted by atomic mass is 10.2. The number of nitrogens with one attached hydrogen (secondary N) is 1. The Balaban J connectivity index is 1.98. The Hall–Kier alpha value is -1.38. The molecule has 2 rings (SSSR count). The fourth-order valence-corrected chi connectivity index (χ4v) is 2.14. The number of ether oxygens (including phenoxy) is 1. The van der Waals surface area contributed by atoms with Crippen LogP contribution in [0.3, 0.4) is 0 Å². The van der Waals surface area contributed by atoms with Crippen LogP contribution in [0.1, 0.15) is 19.4 Å². The number of hydrogen-bond donors (Lipinski definition) is 1. The molecule has 0 atom stereocenters. The SMILES string of the molecule is CC(C)Oc1ccc(CNc2cc(Cl)ccc2Cl)cc1. The average Bonchev–Trinajstić information content (AvgIpc) is 2.41. The summed E-state index contributed by atoms with van der Waals surface area (Å²) in [6.07, 6.45) is 0.184. The van der Waals surface area contributed by atoms with Crippen molar-refractivity contribution in [3.05, 3.63) is 58.1 Å². The van der Waals surface area contributed by atoms with E-state index in [1.165, 1.54) is 0 Å². The van der Waals surface area contributed by atoms with Crippen LogP contribution in [0.15, 0.2) is 42.5 Å². The van der Waals surface area contributed by atoms with E-state index in [0.29, 0.717) is 16.6 Å². The van der Waals surface area contributed by atoms with E-state index in [2.05, 4.69) is 5.32 Å². The molecule has 4 heteroatoms. The lowest BCUT2D eigenvalue weighted by molar-refractivity contribution is 0.242. The third-order valence-corrected chi connectivity index (χ3v) is 3.27. The summed E-state index contributed by atoms with van der Waals surface area (Å²) in [5.41, 5.74) is 1.99. The van der Waals surface area contributed by atoms with E-state index in [1.54, 1.807) is 12.1 Å². The number of anilines is 1. The first kappa shape index (κ1) is 15.0. The lowest BCUT2D eigenvalue weighted by Gasteiger charge is -2.11. The van der Waals surface area contributed by atoms with Crippen LogP contribution >= 0.6 is 23.2 Å². The molecule has 106 valence electrons. The maximum Gasteiger partial charge on any atom is 0.119 e. The van der Waals surface area contributed by atoms with Crippen molar-refractivity contribution in [3.8, 4) is 5.75 Å². The Morgan fingerprint density at radius 1 is 1.05 bits per heavy atom. The van der Waals surface area contributed by atoms with E-state index >= 15 is 0 Å². The number of benzene rings is 2.